The van der Waals surface area contributed by atoms with E-state index in [0.29, 0.717) is 5.57 Å². The second-order valence-corrected chi connectivity index (χ2v) is 2.49. The number of alkyl halides is 3. The van der Waals surface area contributed by atoms with Crippen molar-refractivity contribution in [2.45, 2.75) is 12.8 Å². The summed E-state index contributed by atoms with van der Waals surface area (Å²) >= 11 is 0. The van der Waals surface area contributed by atoms with Crippen LogP contribution in [0.15, 0.2) is 35.9 Å². The molecule has 0 aromatic rings. The molecule has 13 heavy (non-hydrogen) atoms. The molecule has 0 fully saturated rings. The summed E-state index contributed by atoms with van der Waals surface area (Å²) in [5, 5.41) is 0. The van der Waals surface area contributed by atoms with Gasteiger partial charge in [0.25, 0.3) is 0 Å². The summed E-state index contributed by atoms with van der Waals surface area (Å²) < 4.78 is 51.1. The topological polar surface area (TPSA) is 9.23 Å². The normalized spacial score (nSPS) is 18.0. The standard InChI is InChI=1S/C8H6F4O/c1-5-2-3-7(6(9)4-5)13-8(10,11)12/h2-3H,1,4H2. The van der Waals surface area contributed by atoms with Crippen LogP contribution in [-0.2, 0) is 4.74 Å². The predicted molar refractivity (Wildman–Crippen MR) is 38.2 cm³/mol. The molecule has 0 aliphatic heterocycles. The Balaban J connectivity index is 2.76. The fourth-order valence-corrected chi connectivity index (χ4v) is 0.843. The van der Waals surface area contributed by atoms with Crippen LogP contribution >= 0.6 is 0 Å². The highest BCUT2D eigenvalue weighted by molar-refractivity contribution is 5.33. The van der Waals surface area contributed by atoms with Gasteiger partial charge in [0.15, 0.2) is 5.76 Å². The van der Waals surface area contributed by atoms with Gasteiger partial charge in [-0.2, -0.15) is 0 Å². The van der Waals surface area contributed by atoms with Crippen LogP contribution in [0.4, 0.5) is 17.6 Å². The van der Waals surface area contributed by atoms with E-state index in [2.05, 4.69) is 11.3 Å². The Labute approximate surface area is 72.0 Å². The SMILES string of the molecule is C=C1C=CC(OC(F)(F)F)=C(F)C1. The average Bonchev–Trinajstić information content (AvgIpc) is 1.93. The van der Waals surface area contributed by atoms with Gasteiger partial charge in [0.2, 0.25) is 0 Å². The van der Waals surface area contributed by atoms with Gasteiger partial charge in [-0.3, -0.25) is 0 Å². The molecule has 1 nitrogen and oxygen atoms in total. The molecule has 0 unspecified atom stereocenters. The van der Waals surface area contributed by atoms with Crippen molar-refractivity contribution in [1.82, 2.24) is 0 Å². The minimum atomic E-state index is -4.85. The molecule has 1 aliphatic carbocycles. The first-order valence-electron chi connectivity index (χ1n) is 3.39. The zero-order valence-electron chi connectivity index (χ0n) is 6.49. The predicted octanol–water partition coefficient (Wildman–Crippen LogP) is 3.22. The molecule has 0 amide bonds. The Bertz CT molecular complexity index is 285. The van der Waals surface area contributed by atoms with Crippen molar-refractivity contribution in [2.24, 2.45) is 0 Å². The quantitative estimate of drug-likeness (QED) is 0.582. The summed E-state index contributed by atoms with van der Waals surface area (Å²) in [5.74, 6) is -1.75. The lowest BCUT2D eigenvalue weighted by atomic mass is 10.1. The number of ether oxygens (including phenoxy) is 1. The van der Waals surface area contributed by atoms with Crippen molar-refractivity contribution in [2.75, 3.05) is 0 Å². The van der Waals surface area contributed by atoms with Crippen LogP contribution < -0.4 is 0 Å². The minimum Gasteiger partial charge on any atom is -0.403 e. The van der Waals surface area contributed by atoms with E-state index < -0.39 is 17.9 Å². The average molecular weight is 194 g/mol. The first-order chi connectivity index (χ1) is 5.88. The monoisotopic (exact) mass is 194 g/mol. The summed E-state index contributed by atoms with van der Waals surface area (Å²) in [6.07, 6.45) is -2.89. The van der Waals surface area contributed by atoms with Gasteiger partial charge in [-0.25, -0.2) is 4.39 Å². The van der Waals surface area contributed by atoms with Crippen LogP contribution in [0.5, 0.6) is 0 Å². The fraction of sp³-hybridized carbons (Fsp3) is 0.250. The van der Waals surface area contributed by atoms with Gasteiger partial charge in [0.05, 0.1) is 0 Å². The van der Waals surface area contributed by atoms with Crippen molar-refractivity contribution in [3.05, 3.63) is 35.9 Å². The van der Waals surface area contributed by atoms with Gasteiger partial charge < -0.3 is 4.74 Å². The zero-order chi connectivity index (χ0) is 10.1. The molecule has 0 atom stereocenters. The van der Waals surface area contributed by atoms with Crippen molar-refractivity contribution >= 4 is 0 Å². The molecule has 0 saturated carbocycles. The fourth-order valence-electron chi connectivity index (χ4n) is 0.843. The number of hydrogen-bond donors (Lipinski definition) is 0. The summed E-state index contributed by atoms with van der Waals surface area (Å²) in [6.45, 7) is 3.40. The van der Waals surface area contributed by atoms with Gasteiger partial charge in [-0.15, -0.1) is 13.2 Å². The molecule has 0 spiro atoms. The molecule has 0 radical (unpaired) electrons. The molecule has 0 aromatic heterocycles. The molecule has 0 aromatic carbocycles. The number of rotatable bonds is 1. The van der Waals surface area contributed by atoms with Gasteiger partial charge in [-0.05, 0) is 11.6 Å². The Morgan fingerprint density at radius 1 is 1.31 bits per heavy atom. The van der Waals surface area contributed by atoms with Crippen LogP contribution in [0, 0.1) is 0 Å². The van der Waals surface area contributed by atoms with E-state index in [-0.39, 0.29) is 6.42 Å². The number of allylic oxidation sites excluding steroid dienone is 4. The molecule has 0 bridgehead atoms. The third-order valence-corrected chi connectivity index (χ3v) is 1.35. The van der Waals surface area contributed by atoms with Gasteiger partial charge in [0.1, 0.15) is 5.83 Å². The Morgan fingerprint density at radius 2 is 1.92 bits per heavy atom. The van der Waals surface area contributed by atoms with E-state index in [1.165, 1.54) is 6.08 Å². The van der Waals surface area contributed by atoms with Crippen LogP contribution in [0.1, 0.15) is 6.42 Å². The summed E-state index contributed by atoms with van der Waals surface area (Å²) in [4.78, 5) is 0. The Hall–Kier alpha value is -1.26. The van der Waals surface area contributed by atoms with Crippen LogP contribution in [-0.4, -0.2) is 6.36 Å². The van der Waals surface area contributed by atoms with Crippen LogP contribution in [0.2, 0.25) is 0 Å². The summed E-state index contributed by atoms with van der Waals surface area (Å²) in [6, 6.07) is 0. The molecule has 0 saturated heterocycles. The maximum absolute atomic E-state index is 12.8. The molecule has 72 valence electrons. The van der Waals surface area contributed by atoms with E-state index in [0.717, 1.165) is 6.08 Å². The van der Waals surface area contributed by atoms with Gasteiger partial charge in [-0.1, -0.05) is 12.7 Å². The first kappa shape index (κ1) is 9.83. The maximum Gasteiger partial charge on any atom is 0.573 e. The van der Waals surface area contributed by atoms with Crippen molar-refractivity contribution in [3.8, 4) is 0 Å². The summed E-state index contributed by atoms with van der Waals surface area (Å²) in [5.41, 5.74) is 0.409. The third-order valence-electron chi connectivity index (χ3n) is 1.35. The highest BCUT2D eigenvalue weighted by atomic mass is 19.4. The molecule has 0 N–H and O–H groups in total. The second-order valence-electron chi connectivity index (χ2n) is 2.49. The smallest absolute Gasteiger partial charge is 0.403 e. The Kier molecular flexibility index (Phi) is 2.45. The molecule has 0 heterocycles. The third kappa shape index (κ3) is 2.93. The number of hydrogen-bond acceptors (Lipinski definition) is 1. The van der Waals surface area contributed by atoms with Gasteiger partial charge >= 0.3 is 6.36 Å². The van der Waals surface area contributed by atoms with Crippen molar-refractivity contribution < 1.29 is 22.3 Å². The van der Waals surface area contributed by atoms with Crippen molar-refractivity contribution in [1.29, 1.82) is 0 Å². The molecule has 1 rings (SSSR count). The lowest BCUT2D eigenvalue weighted by Crippen LogP contribution is -2.13. The van der Waals surface area contributed by atoms with E-state index in [1.807, 2.05) is 0 Å². The lowest BCUT2D eigenvalue weighted by Gasteiger charge is -2.13. The van der Waals surface area contributed by atoms with E-state index >= 15 is 0 Å². The van der Waals surface area contributed by atoms with E-state index in [1.54, 1.807) is 0 Å². The largest absolute Gasteiger partial charge is 0.573 e. The first-order valence-corrected chi connectivity index (χ1v) is 3.39. The molecule has 1 aliphatic rings. The lowest BCUT2D eigenvalue weighted by molar-refractivity contribution is -0.304. The van der Waals surface area contributed by atoms with Crippen molar-refractivity contribution in [3.63, 3.8) is 0 Å². The minimum absolute atomic E-state index is 0.234. The molecule has 5 heteroatoms. The second kappa shape index (κ2) is 3.24. The van der Waals surface area contributed by atoms with Crippen LogP contribution in [0.3, 0.4) is 0 Å². The van der Waals surface area contributed by atoms with E-state index in [4.69, 9.17) is 0 Å². The summed E-state index contributed by atoms with van der Waals surface area (Å²) in [7, 11) is 0. The van der Waals surface area contributed by atoms with Crippen LogP contribution in [0.25, 0.3) is 0 Å². The maximum atomic E-state index is 12.8. The Morgan fingerprint density at radius 3 is 2.38 bits per heavy atom. The van der Waals surface area contributed by atoms with Gasteiger partial charge in [0, 0.05) is 6.42 Å². The zero-order valence-corrected chi connectivity index (χ0v) is 6.49. The highest BCUT2D eigenvalue weighted by Gasteiger charge is 2.33. The van der Waals surface area contributed by atoms with E-state index in [9.17, 15) is 17.6 Å². The highest BCUT2D eigenvalue weighted by Crippen LogP contribution is 2.29. The molecular weight excluding hydrogens is 188 g/mol. The number of halogens is 4. The molecular formula is C8H6F4O.